The third-order valence-electron chi connectivity index (χ3n) is 2.96. The van der Waals surface area contributed by atoms with Crippen LogP contribution in [0.15, 0.2) is 4.99 Å². The fourth-order valence-corrected chi connectivity index (χ4v) is 2.19. The number of hydrogen-bond acceptors (Lipinski definition) is 4. The fraction of sp³-hybridized carbons (Fsp3) is 0.800. The average Bonchev–Trinajstić information content (AvgIpc) is 2.83. The molecule has 0 bridgehead atoms. The molecule has 0 saturated carbocycles. The molecule has 2 aliphatic rings. The van der Waals surface area contributed by atoms with Gasteiger partial charge in [-0.25, -0.2) is 4.79 Å². The Bertz CT molecular complexity index is 300. The van der Waals surface area contributed by atoms with Crippen LogP contribution in [0.1, 0.15) is 12.8 Å². The Hall–Kier alpha value is -1.14. The van der Waals surface area contributed by atoms with Crippen molar-refractivity contribution in [1.82, 2.24) is 4.90 Å². The Morgan fingerprint density at radius 1 is 1.69 bits per heavy atom. The van der Waals surface area contributed by atoms with Crippen LogP contribution in [0.4, 0.5) is 4.79 Å². The zero-order chi connectivity index (χ0) is 11.5. The van der Waals surface area contributed by atoms with Gasteiger partial charge in [0.25, 0.3) is 0 Å². The monoisotopic (exact) mass is 227 g/mol. The second-order valence-corrected chi connectivity index (χ2v) is 4.00. The Balaban J connectivity index is 2.06. The first kappa shape index (κ1) is 11.3. The molecule has 2 heterocycles. The number of nitrogens with zero attached hydrogens (tertiary/aromatic N) is 2. The number of methoxy groups -OCH3 is 1. The van der Waals surface area contributed by atoms with Crippen molar-refractivity contribution >= 4 is 11.9 Å². The topological polar surface area (TPSA) is 77.2 Å². The Morgan fingerprint density at radius 3 is 3.12 bits per heavy atom. The van der Waals surface area contributed by atoms with Gasteiger partial charge in [-0.15, -0.1) is 0 Å². The summed E-state index contributed by atoms with van der Waals surface area (Å²) in [5.41, 5.74) is 5.78. The van der Waals surface area contributed by atoms with Gasteiger partial charge in [0.1, 0.15) is 11.9 Å². The molecule has 0 aromatic rings. The van der Waals surface area contributed by atoms with E-state index < -0.39 is 0 Å². The maximum atomic E-state index is 11.6. The molecule has 0 aromatic carbocycles. The molecule has 6 heteroatoms. The van der Waals surface area contributed by atoms with Crippen LogP contribution in [-0.2, 0) is 9.47 Å². The molecular formula is C10H17N3O3. The van der Waals surface area contributed by atoms with E-state index in [1.165, 1.54) is 0 Å². The molecular weight excluding hydrogens is 210 g/mol. The van der Waals surface area contributed by atoms with Gasteiger partial charge in [0.15, 0.2) is 0 Å². The van der Waals surface area contributed by atoms with Crippen molar-refractivity contribution in [3.05, 3.63) is 0 Å². The Labute approximate surface area is 94.4 Å². The van der Waals surface area contributed by atoms with E-state index in [0.29, 0.717) is 19.0 Å². The Kier molecular flexibility index (Phi) is 3.40. The van der Waals surface area contributed by atoms with Gasteiger partial charge in [-0.2, -0.15) is 4.99 Å². The van der Waals surface area contributed by atoms with E-state index >= 15 is 0 Å². The van der Waals surface area contributed by atoms with Crippen LogP contribution >= 0.6 is 0 Å². The smallest absolute Gasteiger partial charge is 0.346 e. The maximum absolute atomic E-state index is 11.6. The lowest BCUT2D eigenvalue weighted by molar-refractivity contribution is 0.0587. The summed E-state index contributed by atoms with van der Waals surface area (Å²) in [7, 11) is 1.60. The van der Waals surface area contributed by atoms with Crippen LogP contribution in [0.2, 0.25) is 0 Å². The third kappa shape index (κ3) is 2.03. The van der Waals surface area contributed by atoms with Crippen LogP contribution in [0, 0.1) is 0 Å². The van der Waals surface area contributed by atoms with Gasteiger partial charge in [-0.1, -0.05) is 0 Å². The number of ether oxygens (including phenoxy) is 2. The molecule has 2 aliphatic heterocycles. The molecule has 16 heavy (non-hydrogen) atoms. The van der Waals surface area contributed by atoms with Gasteiger partial charge in [0.05, 0.1) is 12.7 Å². The van der Waals surface area contributed by atoms with E-state index in [9.17, 15) is 4.79 Å². The van der Waals surface area contributed by atoms with Crippen molar-refractivity contribution in [2.24, 2.45) is 10.7 Å². The lowest BCUT2D eigenvalue weighted by atomic mass is 10.1. The number of amides is 2. The summed E-state index contributed by atoms with van der Waals surface area (Å²) >= 11 is 0. The van der Waals surface area contributed by atoms with Crippen molar-refractivity contribution in [3.8, 4) is 0 Å². The van der Waals surface area contributed by atoms with E-state index in [-0.39, 0.29) is 18.2 Å². The number of rotatable bonds is 4. The second-order valence-electron chi connectivity index (χ2n) is 4.00. The van der Waals surface area contributed by atoms with Crippen molar-refractivity contribution in [3.63, 3.8) is 0 Å². The summed E-state index contributed by atoms with van der Waals surface area (Å²) in [5, 5.41) is 0. The highest BCUT2D eigenvalue weighted by Crippen LogP contribution is 2.23. The van der Waals surface area contributed by atoms with Gasteiger partial charge in [0.2, 0.25) is 0 Å². The predicted octanol–water partition coefficient (Wildman–Crippen LogP) is -0.0268. The fourth-order valence-electron chi connectivity index (χ4n) is 2.19. The number of aliphatic imine (C=N–C) groups is 1. The van der Waals surface area contributed by atoms with Crippen LogP contribution < -0.4 is 5.73 Å². The van der Waals surface area contributed by atoms with Crippen LogP contribution in [-0.4, -0.2) is 55.8 Å². The molecule has 2 amide bonds. The number of hydrogen-bond donors (Lipinski definition) is 1. The maximum Gasteiger partial charge on any atom is 0.346 e. The molecule has 2 atom stereocenters. The molecule has 1 fully saturated rings. The van der Waals surface area contributed by atoms with E-state index in [0.717, 1.165) is 19.4 Å². The van der Waals surface area contributed by atoms with Gasteiger partial charge >= 0.3 is 6.03 Å². The number of urea groups is 1. The summed E-state index contributed by atoms with van der Waals surface area (Å²) in [6, 6.07) is -0.486. The largest absolute Gasteiger partial charge is 0.385 e. The first-order chi connectivity index (χ1) is 7.74. The quantitative estimate of drug-likeness (QED) is 0.731. The number of carbonyl (C=O) groups excluding carboxylic acids is 1. The lowest BCUT2D eigenvalue weighted by Gasteiger charge is -2.27. The molecule has 1 saturated heterocycles. The van der Waals surface area contributed by atoms with E-state index in [1.807, 2.05) is 0 Å². The first-order valence-corrected chi connectivity index (χ1v) is 5.49. The number of nitrogens with two attached hydrogens (primary N) is 1. The first-order valence-electron chi connectivity index (χ1n) is 5.49. The predicted molar refractivity (Wildman–Crippen MR) is 58.4 cm³/mol. The van der Waals surface area contributed by atoms with Crippen LogP contribution in [0.5, 0.6) is 0 Å². The average molecular weight is 227 g/mol. The normalized spacial score (nSPS) is 29.9. The zero-order valence-corrected chi connectivity index (χ0v) is 9.39. The van der Waals surface area contributed by atoms with E-state index in [4.69, 9.17) is 15.2 Å². The second kappa shape index (κ2) is 4.80. The van der Waals surface area contributed by atoms with Gasteiger partial charge in [0, 0.05) is 20.3 Å². The minimum atomic E-state index is -0.282. The summed E-state index contributed by atoms with van der Waals surface area (Å²) in [4.78, 5) is 17.0. The lowest BCUT2D eigenvalue weighted by Crippen LogP contribution is -2.49. The van der Waals surface area contributed by atoms with Gasteiger partial charge < -0.3 is 20.1 Å². The van der Waals surface area contributed by atoms with Crippen molar-refractivity contribution in [2.45, 2.75) is 25.0 Å². The third-order valence-corrected chi connectivity index (χ3v) is 2.96. The SMILES string of the molecule is COCCN1C(=O)N=C(N)C1C1CCCO1. The summed E-state index contributed by atoms with van der Waals surface area (Å²) < 4.78 is 10.5. The minimum absolute atomic E-state index is 0.00736. The van der Waals surface area contributed by atoms with Gasteiger partial charge in [-0.05, 0) is 12.8 Å². The van der Waals surface area contributed by atoms with Gasteiger partial charge in [-0.3, -0.25) is 0 Å². The van der Waals surface area contributed by atoms with Crippen molar-refractivity contribution in [2.75, 3.05) is 26.9 Å². The Morgan fingerprint density at radius 2 is 2.50 bits per heavy atom. The van der Waals surface area contributed by atoms with Crippen molar-refractivity contribution in [1.29, 1.82) is 0 Å². The standard InChI is InChI=1S/C10H17N3O3/c1-15-6-4-13-8(7-3-2-5-16-7)9(11)12-10(13)14/h7-8H,2-6H2,1H3,(H2,11,12,14). The molecule has 90 valence electrons. The molecule has 2 N–H and O–H groups in total. The van der Waals surface area contributed by atoms with Crippen LogP contribution in [0.25, 0.3) is 0 Å². The molecule has 6 nitrogen and oxygen atoms in total. The number of carbonyl (C=O) groups is 1. The molecule has 2 rings (SSSR count). The molecule has 2 unspecified atom stereocenters. The summed E-state index contributed by atoms with van der Waals surface area (Å²) in [6.07, 6.45) is 1.94. The summed E-state index contributed by atoms with van der Waals surface area (Å²) in [5.74, 6) is 0.369. The zero-order valence-electron chi connectivity index (χ0n) is 9.39. The highest BCUT2D eigenvalue weighted by atomic mass is 16.5. The molecule has 0 aliphatic carbocycles. The van der Waals surface area contributed by atoms with E-state index in [2.05, 4.69) is 4.99 Å². The van der Waals surface area contributed by atoms with E-state index in [1.54, 1.807) is 12.0 Å². The molecule has 0 aromatic heterocycles. The summed E-state index contributed by atoms with van der Waals surface area (Å²) in [6.45, 7) is 1.72. The minimum Gasteiger partial charge on any atom is -0.385 e. The van der Waals surface area contributed by atoms with Crippen LogP contribution in [0.3, 0.4) is 0 Å². The molecule has 0 radical (unpaired) electrons. The molecule has 0 spiro atoms. The highest BCUT2D eigenvalue weighted by molar-refractivity contribution is 6.03. The highest BCUT2D eigenvalue weighted by Gasteiger charge is 2.40. The number of amidine groups is 1. The van der Waals surface area contributed by atoms with Crippen molar-refractivity contribution < 1.29 is 14.3 Å².